The highest BCUT2D eigenvalue weighted by atomic mass is 16.4. The molecule has 29 heavy (non-hydrogen) atoms. The number of unbranched alkanes of at least 4 members (excludes halogenated alkanes) is 8. The van der Waals surface area contributed by atoms with Crippen LogP contribution in [-0.2, 0) is 9.59 Å². The SMILES string of the molecule is CCCCCCCNC(=O)[C@@H](O)[C@H](O)[C@@H](O)[C@@H](O)C(=O)[O-].CCCCCCC[NH3+]. The molecule has 0 bridgehead atoms. The fraction of sp³-hybridized carbons (Fsp3) is 0.900. The van der Waals surface area contributed by atoms with E-state index < -0.39 is 36.3 Å². The van der Waals surface area contributed by atoms with Crippen molar-refractivity contribution in [2.45, 2.75) is 102 Å². The van der Waals surface area contributed by atoms with Gasteiger partial charge in [0.15, 0.2) is 6.10 Å². The van der Waals surface area contributed by atoms with Crippen molar-refractivity contribution in [3.05, 3.63) is 0 Å². The van der Waals surface area contributed by atoms with E-state index in [1.807, 2.05) is 0 Å². The molecule has 0 aromatic rings. The summed E-state index contributed by atoms with van der Waals surface area (Å²) >= 11 is 0. The van der Waals surface area contributed by atoms with Crippen molar-refractivity contribution in [1.82, 2.24) is 5.32 Å². The quantitative estimate of drug-likeness (QED) is 0.163. The molecule has 8 N–H and O–H groups in total. The van der Waals surface area contributed by atoms with Gasteiger partial charge in [0.2, 0.25) is 0 Å². The van der Waals surface area contributed by atoms with Gasteiger partial charge in [-0.3, -0.25) is 4.79 Å². The van der Waals surface area contributed by atoms with Crippen LogP contribution in [0.5, 0.6) is 0 Å². The summed E-state index contributed by atoms with van der Waals surface area (Å²) < 4.78 is 0. The maximum Gasteiger partial charge on any atom is 0.251 e. The van der Waals surface area contributed by atoms with Crippen molar-refractivity contribution in [2.24, 2.45) is 0 Å². The highest BCUT2D eigenvalue weighted by molar-refractivity contribution is 5.81. The third-order valence-electron chi connectivity index (χ3n) is 4.44. The van der Waals surface area contributed by atoms with Crippen molar-refractivity contribution in [1.29, 1.82) is 0 Å². The van der Waals surface area contributed by atoms with Gasteiger partial charge in [-0.2, -0.15) is 0 Å². The first-order chi connectivity index (χ1) is 13.7. The Labute approximate surface area is 174 Å². The number of carbonyl (C=O) groups is 2. The number of carboxylic acids is 1. The molecule has 174 valence electrons. The zero-order chi connectivity index (χ0) is 22.7. The number of hydrogen-bond donors (Lipinski definition) is 6. The van der Waals surface area contributed by atoms with Gasteiger partial charge in [0.25, 0.3) is 5.91 Å². The van der Waals surface area contributed by atoms with E-state index in [0.29, 0.717) is 13.0 Å². The predicted molar refractivity (Wildman–Crippen MR) is 107 cm³/mol. The molecule has 0 aliphatic rings. The summed E-state index contributed by atoms with van der Waals surface area (Å²) in [5, 5.41) is 49.9. The fourth-order valence-corrected chi connectivity index (χ4v) is 2.49. The van der Waals surface area contributed by atoms with Crippen LogP contribution in [0.1, 0.15) is 78.1 Å². The van der Waals surface area contributed by atoms with Crippen LogP contribution in [0.3, 0.4) is 0 Å². The molecule has 0 heterocycles. The van der Waals surface area contributed by atoms with E-state index in [9.17, 15) is 30.0 Å². The van der Waals surface area contributed by atoms with Gasteiger partial charge in [-0.1, -0.05) is 58.8 Å². The molecule has 0 aromatic carbocycles. The number of hydrogen-bond acceptors (Lipinski definition) is 7. The molecule has 0 fully saturated rings. The van der Waals surface area contributed by atoms with Gasteiger partial charge in [0.1, 0.15) is 18.3 Å². The zero-order valence-electron chi connectivity index (χ0n) is 18.0. The molecular formula is C20H42N2O7. The fourth-order valence-electron chi connectivity index (χ4n) is 2.49. The number of nitrogens with one attached hydrogen (secondary N) is 1. The van der Waals surface area contributed by atoms with Crippen molar-refractivity contribution >= 4 is 11.9 Å². The van der Waals surface area contributed by atoms with Gasteiger partial charge in [0.05, 0.1) is 12.5 Å². The molecule has 0 saturated heterocycles. The first kappa shape index (κ1) is 29.9. The second-order valence-electron chi connectivity index (χ2n) is 7.16. The summed E-state index contributed by atoms with van der Waals surface area (Å²) in [6, 6.07) is 0. The highest BCUT2D eigenvalue weighted by Gasteiger charge is 2.34. The van der Waals surface area contributed by atoms with Crippen LogP contribution in [0.2, 0.25) is 0 Å². The lowest BCUT2D eigenvalue weighted by Crippen LogP contribution is -2.55. The molecule has 0 radical (unpaired) electrons. The Morgan fingerprint density at radius 3 is 1.69 bits per heavy atom. The Hall–Kier alpha value is -1.26. The van der Waals surface area contributed by atoms with Crippen LogP contribution < -0.4 is 16.2 Å². The molecule has 0 aromatic heterocycles. The van der Waals surface area contributed by atoms with E-state index in [0.717, 1.165) is 32.2 Å². The Kier molecular flexibility index (Phi) is 20.7. The number of amides is 1. The van der Waals surface area contributed by atoms with Crippen molar-refractivity contribution in [2.75, 3.05) is 13.1 Å². The van der Waals surface area contributed by atoms with Crippen molar-refractivity contribution < 1.29 is 40.9 Å². The summed E-state index contributed by atoms with van der Waals surface area (Å²) in [7, 11) is 0. The highest BCUT2D eigenvalue weighted by Crippen LogP contribution is 2.06. The zero-order valence-corrected chi connectivity index (χ0v) is 18.0. The van der Waals surface area contributed by atoms with Crippen LogP contribution in [0.4, 0.5) is 0 Å². The second kappa shape index (κ2) is 20.0. The smallest absolute Gasteiger partial charge is 0.251 e. The van der Waals surface area contributed by atoms with E-state index >= 15 is 0 Å². The first-order valence-corrected chi connectivity index (χ1v) is 10.7. The molecule has 1 amide bonds. The van der Waals surface area contributed by atoms with Crippen LogP contribution in [0.15, 0.2) is 0 Å². The van der Waals surface area contributed by atoms with E-state index in [1.165, 1.54) is 32.1 Å². The standard InChI is InChI=1S/C13H25NO7.C7H17N/c1-2-3-4-5-6-7-14-12(19)10(17)8(15)9(16)11(18)13(20)21;1-2-3-4-5-6-7-8/h8-11,15-18H,2-7H2,1H3,(H,14,19)(H,20,21);2-8H2,1H3/t8-,9-,10+,11-;/m1./s1. The van der Waals surface area contributed by atoms with E-state index in [1.54, 1.807) is 0 Å². The molecule has 9 heteroatoms. The maximum absolute atomic E-state index is 11.5. The number of rotatable bonds is 16. The summed E-state index contributed by atoms with van der Waals surface area (Å²) in [5.74, 6) is -2.95. The lowest BCUT2D eigenvalue weighted by Gasteiger charge is -2.26. The monoisotopic (exact) mass is 422 g/mol. The van der Waals surface area contributed by atoms with Gasteiger partial charge >= 0.3 is 0 Å². The minimum Gasteiger partial charge on any atom is -0.547 e. The van der Waals surface area contributed by atoms with E-state index in [-0.39, 0.29) is 0 Å². The Morgan fingerprint density at radius 2 is 1.24 bits per heavy atom. The molecule has 0 rings (SSSR count). The third kappa shape index (κ3) is 16.2. The van der Waals surface area contributed by atoms with Gasteiger partial charge in [-0.25, -0.2) is 0 Å². The minimum atomic E-state index is -2.39. The summed E-state index contributed by atoms with van der Waals surface area (Å²) in [6.45, 7) is 5.73. The van der Waals surface area contributed by atoms with Crippen LogP contribution in [-0.4, -0.2) is 69.8 Å². The average Bonchev–Trinajstić information content (AvgIpc) is 2.71. The van der Waals surface area contributed by atoms with Crippen molar-refractivity contribution in [3.8, 4) is 0 Å². The van der Waals surface area contributed by atoms with E-state index in [4.69, 9.17) is 5.11 Å². The van der Waals surface area contributed by atoms with Gasteiger partial charge in [-0.05, 0) is 19.3 Å². The predicted octanol–water partition coefficient (Wildman–Crippen LogP) is -1.53. The summed E-state index contributed by atoms with van der Waals surface area (Å²) in [5.41, 5.74) is 3.78. The molecule has 9 nitrogen and oxygen atoms in total. The number of carboxylic acid groups (broad SMARTS) is 1. The Bertz CT molecular complexity index is 404. The molecule has 0 saturated carbocycles. The number of aliphatic hydroxyl groups is 4. The lowest BCUT2D eigenvalue weighted by atomic mass is 10.0. The first-order valence-electron chi connectivity index (χ1n) is 10.7. The minimum absolute atomic E-state index is 0.297. The van der Waals surface area contributed by atoms with Crippen molar-refractivity contribution in [3.63, 3.8) is 0 Å². The molecular weight excluding hydrogens is 380 g/mol. The van der Waals surface area contributed by atoms with Gasteiger partial charge in [-0.15, -0.1) is 0 Å². The summed E-state index contributed by atoms with van der Waals surface area (Å²) in [4.78, 5) is 21.8. The van der Waals surface area contributed by atoms with Crippen LogP contribution in [0, 0.1) is 0 Å². The molecule has 0 aliphatic heterocycles. The Balaban J connectivity index is 0. The van der Waals surface area contributed by atoms with Gasteiger partial charge in [0, 0.05) is 6.54 Å². The largest absolute Gasteiger partial charge is 0.547 e. The number of carbonyl (C=O) groups excluding carboxylic acids is 2. The molecule has 0 spiro atoms. The average molecular weight is 423 g/mol. The summed E-state index contributed by atoms with van der Waals surface area (Å²) in [6.07, 6.45) is 2.93. The van der Waals surface area contributed by atoms with Crippen LogP contribution in [0.25, 0.3) is 0 Å². The maximum atomic E-state index is 11.5. The molecule has 0 unspecified atom stereocenters. The third-order valence-corrected chi connectivity index (χ3v) is 4.44. The van der Waals surface area contributed by atoms with Crippen LogP contribution >= 0.6 is 0 Å². The molecule has 4 atom stereocenters. The lowest BCUT2D eigenvalue weighted by molar-refractivity contribution is -0.368. The molecule has 0 aliphatic carbocycles. The second-order valence-corrected chi connectivity index (χ2v) is 7.16. The number of quaternary nitrogens is 1. The number of aliphatic carboxylic acids is 1. The Morgan fingerprint density at radius 1 is 0.793 bits per heavy atom. The topological polar surface area (TPSA) is 178 Å². The normalized spacial score (nSPS) is 14.9. The van der Waals surface area contributed by atoms with E-state index in [2.05, 4.69) is 24.9 Å². The van der Waals surface area contributed by atoms with Gasteiger partial charge < -0.3 is 41.4 Å². The number of aliphatic hydroxyl groups excluding tert-OH is 4.